The number of allylic oxidation sites excluding steroid dienone is 6. The van der Waals surface area contributed by atoms with Gasteiger partial charge in [0.2, 0.25) is 0 Å². The van der Waals surface area contributed by atoms with Gasteiger partial charge in [0, 0.05) is 12.5 Å². The Labute approximate surface area is 279 Å². The maximum absolute atomic E-state index is 11.5. The standard InChI is InChI=1S/C39H66O4Si2/c1-28(18-15-16-20-36(40)41-10)33-23-24-34-30(19-17-25-39(33,34)9)21-22-31-26-32(42-44(11,12)37(3,4)5)27-35(29(31)2)43-45(13,14)38(6,7)8/h15-16,18,20-22,28,32-35H,2,17,19,23-27H2,1,3-14H3/b18-15+,20-16+,30-21+,31-22-/t28?,32-,33-,34+,35+,39-/m1/s1. The average molecular weight is 655 g/mol. The van der Waals surface area contributed by atoms with Gasteiger partial charge in [0.05, 0.1) is 19.3 Å². The van der Waals surface area contributed by atoms with Gasteiger partial charge in [0.1, 0.15) is 0 Å². The Bertz CT molecular complexity index is 1190. The first kappa shape index (κ1) is 38.0. The molecule has 3 aliphatic rings. The van der Waals surface area contributed by atoms with Crippen molar-refractivity contribution in [3.05, 3.63) is 59.8 Å². The van der Waals surface area contributed by atoms with E-state index in [1.54, 1.807) is 11.6 Å². The smallest absolute Gasteiger partial charge is 0.330 e. The SMILES string of the molecule is C=C1/C(=C\C=C2/CCC[C@]3(C)[C@@H](C(C)/C=C/C=C/C(=O)OC)CC[C@@H]23)C[C@@H](O[Si](C)(C)C(C)(C)C)C[C@@H]1O[Si](C)(C)C(C)(C)C. The van der Waals surface area contributed by atoms with E-state index in [1.165, 1.54) is 50.9 Å². The van der Waals surface area contributed by atoms with Crippen LogP contribution in [0.5, 0.6) is 0 Å². The van der Waals surface area contributed by atoms with Crippen molar-refractivity contribution in [2.24, 2.45) is 23.2 Å². The topological polar surface area (TPSA) is 44.8 Å². The minimum Gasteiger partial charge on any atom is -0.466 e. The summed E-state index contributed by atoms with van der Waals surface area (Å²) in [5, 5.41) is 0.306. The second-order valence-corrected chi connectivity index (χ2v) is 27.0. The van der Waals surface area contributed by atoms with Gasteiger partial charge >= 0.3 is 5.97 Å². The summed E-state index contributed by atoms with van der Waals surface area (Å²) in [5.74, 6) is 1.40. The normalized spacial score (nSPS) is 31.3. The quantitative estimate of drug-likeness (QED) is 0.107. The van der Waals surface area contributed by atoms with Crippen LogP contribution in [0.15, 0.2) is 59.8 Å². The highest BCUT2D eigenvalue weighted by molar-refractivity contribution is 6.74. The van der Waals surface area contributed by atoms with Crippen LogP contribution in [0.4, 0.5) is 0 Å². The summed E-state index contributed by atoms with van der Waals surface area (Å²) in [5.41, 5.74) is 4.39. The Morgan fingerprint density at radius 2 is 1.60 bits per heavy atom. The molecule has 3 fully saturated rings. The van der Waals surface area contributed by atoms with Crippen molar-refractivity contribution in [1.82, 2.24) is 0 Å². The summed E-state index contributed by atoms with van der Waals surface area (Å²) in [6.07, 6.45) is 20.6. The summed E-state index contributed by atoms with van der Waals surface area (Å²) >= 11 is 0. The van der Waals surface area contributed by atoms with E-state index < -0.39 is 16.6 Å². The zero-order chi connectivity index (χ0) is 34.0. The summed E-state index contributed by atoms with van der Waals surface area (Å²) in [6.45, 7) is 33.0. The number of methoxy groups -OCH3 is 1. The van der Waals surface area contributed by atoms with Gasteiger partial charge in [-0.2, -0.15) is 0 Å². The molecule has 254 valence electrons. The second-order valence-electron chi connectivity index (χ2n) is 17.5. The molecule has 0 bridgehead atoms. The number of esters is 1. The van der Waals surface area contributed by atoms with Crippen molar-refractivity contribution in [2.75, 3.05) is 7.11 Å². The van der Waals surface area contributed by atoms with E-state index in [9.17, 15) is 4.79 Å². The largest absolute Gasteiger partial charge is 0.466 e. The predicted molar refractivity (Wildman–Crippen MR) is 196 cm³/mol. The van der Waals surface area contributed by atoms with Gasteiger partial charge in [-0.1, -0.05) is 97.9 Å². The first-order valence-electron chi connectivity index (χ1n) is 17.5. The molecule has 0 aromatic carbocycles. The molecule has 3 aliphatic carbocycles. The molecule has 0 N–H and O–H groups in total. The maximum Gasteiger partial charge on any atom is 0.330 e. The summed E-state index contributed by atoms with van der Waals surface area (Å²) in [7, 11) is -2.52. The van der Waals surface area contributed by atoms with E-state index in [2.05, 4.69) is 106 Å². The lowest BCUT2D eigenvalue weighted by Crippen LogP contribution is -2.49. The van der Waals surface area contributed by atoms with Crippen LogP contribution in [0.25, 0.3) is 0 Å². The van der Waals surface area contributed by atoms with Gasteiger partial charge in [-0.15, -0.1) is 0 Å². The first-order chi connectivity index (χ1) is 20.6. The van der Waals surface area contributed by atoms with Crippen LogP contribution >= 0.6 is 0 Å². The Balaban J connectivity index is 1.88. The first-order valence-corrected chi connectivity index (χ1v) is 23.3. The lowest BCUT2D eigenvalue weighted by molar-refractivity contribution is -0.134. The van der Waals surface area contributed by atoms with Crippen LogP contribution in [0.1, 0.15) is 100 Å². The predicted octanol–water partition coefficient (Wildman–Crippen LogP) is 11.1. The molecule has 0 aliphatic heterocycles. The maximum atomic E-state index is 11.5. The molecule has 1 unspecified atom stereocenters. The van der Waals surface area contributed by atoms with Crippen LogP contribution in [-0.2, 0) is 18.4 Å². The fraction of sp³-hybridized carbons (Fsp3) is 0.718. The summed E-state index contributed by atoms with van der Waals surface area (Å²) in [4.78, 5) is 11.5. The third-order valence-corrected chi connectivity index (χ3v) is 21.4. The third-order valence-electron chi connectivity index (χ3n) is 12.4. The van der Waals surface area contributed by atoms with E-state index in [0.717, 1.165) is 18.4 Å². The van der Waals surface area contributed by atoms with E-state index in [4.69, 9.17) is 13.6 Å². The van der Waals surface area contributed by atoms with Gasteiger partial charge in [-0.05, 0) is 109 Å². The molecule has 0 amide bonds. The molecule has 3 saturated carbocycles. The van der Waals surface area contributed by atoms with Gasteiger partial charge < -0.3 is 13.6 Å². The molecular formula is C39H66O4Si2. The number of fused-ring (bicyclic) bond motifs is 1. The fourth-order valence-electron chi connectivity index (χ4n) is 7.48. The van der Waals surface area contributed by atoms with Crippen molar-refractivity contribution in [1.29, 1.82) is 0 Å². The molecule has 6 atom stereocenters. The van der Waals surface area contributed by atoms with E-state index in [-0.39, 0.29) is 28.3 Å². The Morgan fingerprint density at radius 1 is 0.978 bits per heavy atom. The van der Waals surface area contributed by atoms with E-state index in [1.807, 2.05) is 6.08 Å². The summed E-state index contributed by atoms with van der Waals surface area (Å²) < 4.78 is 18.9. The van der Waals surface area contributed by atoms with Gasteiger partial charge in [0.15, 0.2) is 16.6 Å². The number of rotatable bonds is 9. The molecule has 0 aromatic rings. The molecular weight excluding hydrogens is 589 g/mol. The van der Waals surface area contributed by atoms with Crippen LogP contribution in [-0.4, -0.2) is 41.9 Å². The highest BCUT2D eigenvalue weighted by Crippen LogP contribution is 2.59. The van der Waals surface area contributed by atoms with Gasteiger partial charge in [0.25, 0.3) is 0 Å². The highest BCUT2D eigenvalue weighted by atomic mass is 28.4. The molecule has 0 aromatic heterocycles. The minimum absolute atomic E-state index is 0.00686. The number of hydrogen-bond donors (Lipinski definition) is 0. The van der Waals surface area contributed by atoms with Gasteiger partial charge in [-0.3, -0.25) is 0 Å². The Morgan fingerprint density at radius 3 is 2.20 bits per heavy atom. The highest BCUT2D eigenvalue weighted by Gasteiger charge is 2.50. The van der Waals surface area contributed by atoms with Crippen molar-refractivity contribution in [3.63, 3.8) is 0 Å². The van der Waals surface area contributed by atoms with Crippen LogP contribution in [0.3, 0.4) is 0 Å². The third kappa shape index (κ3) is 8.91. The Hall–Kier alpha value is -1.48. The van der Waals surface area contributed by atoms with Crippen molar-refractivity contribution in [3.8, 4) is 0 Å². The van der Waals surface area contributed by atoms with Gasteiger partial charge in [-0.25, -0.2) is 4.79 Å². The van der Waals surface area contributed by atoms with E-state index in [0.29, 0.717) is 23.2 Å². The van der Waals surface area contributed by atoms with E-state index >= 15 is 0 Å². The molecule has 0 spiro atoms. The molecule has 4 nitrogen and oxygen atoms in total. The monoisotopic (exact) mass is 654 g/mol. The number of carbonyl (C=O) groups excluding carboxylic acids is 1. The molecule has 3 rings (SSSR count). The lowest BCUT2D eigenvalue weighted by atomic mass is 9.61. The zero-order valence-electron chi connectivity index (χ0n) is 31.1. The lowest BCUT2D eigenvalue weighted by Gasteiger charge is -2.45. The Kier molecular flexibility index (Phi) is 12.1. The molecule has 45 heavy (non-hydrogen) atoms. The van der Waals surface area contributed by atoms with Crippen molar-refractivity contribution < 1.29 is 18.4 Å². The average Bonchev–Trinajstić information content (AvgIpc) is 3.27. The van der Waals surface area contributed by atoms with Crippen molar-refractivity contribution in [2.45, 2.75) is 149 Å². The number of hydrogen-bond acceptors (Lipinski definition) is 4. The van der Waals surface area contributed by atoms with Crippen LogP contribution < -0.4 is 0 Å². The number of carbonyl (C=O) groups is 1. The fourth-order valence-corrected chi connectivity index (χ4v) is 10.2. The molecule has 6 heteroatoms. The minimum atomic E-state index is -1.99. The van der Waals surface area contributed by atoms with Crippen LogP contribution in [0, 0.1) is 23.2 Å². The molecule has 0 saturated heterocycles. The zero-order valence-corrected chi connectivity index (χ0v) is 33.1. The molecule has 0 heterocycles. The van der Waals surface area contributed by atoms with Crippen LogP contribution in [0.2, 0.25) is 36.3 Å². The molecule has 0 radical (unpaired) electrons. The number of ether oxygens (including phenoxy) is 1. The van der Waals surface area contributed by atoms with Crippen molar-refractivity contribution >= 4 is 22.6 Å². The summed E-state index contributed by atoms with van der Waals surface area (Å²) in [6, 6.07) is 0. The second kappa shape index (κ2) is 14.3.